The second-order valence-electron chi connectivity index (χ2n) is 9.29. The first-order valence-electron chi connectivity index (χ1n) is 10.2. The lowest BCUT2D eigenvalue weighted by atomic mass is 9.93. The van der Waals surface area contributed by atoms with Gasteiger partial charge >= 0.3 is 12.1 Å². The number of aromatic nitrogens is 1. The molecule has 1 aromatic rings. The van der Waals surface area contributed by atoms with Gasteiger partial charge in [0.25, 0.3) is 0 Å². The predicted octanol–water partition coefficient (Wildman–Crippen LogP) is 3.58. The lowest BCUT2D eigenvalue weighted by Crippen LogP contribution is -2.52. The maximum atomic E-state index is 12.3. The molecule has 2 saturated heterocycles. The molecule has 29 heavy (non-hydrogen) atoms. The Hall–Kier alpha value is -2.31. The molecule has 1 N–H and O–H groups in total. The highest BCUT2D eigenvalue weighted by atomic mass is 16.6. The number of amides is 3. The van der Waals surface area contributed by atoms with Crippen molar-refractivity contribution in [1.82, 2.24) is 20.1 Å². The molecule has 7 heteroatoms. The molecule has 3 heterocycles. The Labute approximate surface area is 175 Å². The van der Waals surface area contributed by atoms with Crippen LogP contribution >= 0.6 is 0 Å². The Bertz CT molecular complexity index is 722. The number of urea groups is 1. The van der Waals surface area contributed by atoms with Crippen LogP contribution < -0.4 is 5.32 Å². The van der Waals surface area contributed by atoms with E-state index in [2.05, 4.69) is 16.4 Å². The van der Waals surface area contributed by atoms with Crippen molar-refractivity contribution in [3.63, 3.8) is 0 Å². The molecular formula is C22H36N4O3. The van der Waals surface area contributed by atoms with Gasteiger partial charge in [-0.2, -0.15) is 0 Å². The van der Waals surface area contributed by atoms with Crippen LogP contribution in [0.2, 0.25) is 0 Å². The Balaban J connectivity index is 0.00000160. The molecule has 7 nitrogen and oxygen atoms in total. The summed E-state index contributed by atoms with van der Waals surface area (Å²) in [6.45, 7) is 9.48. The van der Waals surface area contributed by atoms with Gasteiger partial charge in [0.15, 0.2) is 0 Å². The average Bonchev–Trinajstić information content (AvgIpc) is 3.03. The van der Waals surface area contributed by atoms with Gasteiger partial charge in [0.05, 0.1) is 0 Å². The lowest BCUT2D eigenvalue weighted by molar-refractivity contribution is 0.0265. The van der Waals surface area contributed by atoms with E-state index >= 15 is 0 Å². The van der Waals surface area contributed by atoms with Gasteiger partial charge < -0.3 is 19.9 Å². The Kier molecular flexibility index (Phi) is 6.05. The third-order valence-electron chi connectivity index (χ3n) is 6.10. The number of carbonyl (C=O) groups is 2. The summed E-state index contributed by atoms with van der Waals surface area (Å²) in [6.07, 6.45) is 4.44. The fraction of sp³-hybridized carbons (Fsp3) is 0.682. The number of fused-ring (bicyclic) bond motifs is 1. The van der Waals surface area contributed by atoms with Crippen molar-refractivity contribution in [3.8, 4) is 0 Å². The molecule has 4 rings (SSSR count). The number of ether oxygens (including phenoxy) is 1. The summed E-state index contributed by atoms with van der Waals surface area (Å²) in [7, 11) is 0. The Morgan fingerprint density at radius 3 is 2.48 bits per heavy atom. The molecule has 2 aliphatic heterocycles. The highest BCUT2D eigenvalue weighted by Crippen LogP contribution is 2.53. The van der Waals surface area contributed by atoms with Gasteiger partial charge in [-0.25, -0.2) is 9.59 Å². The number of carbonyl (C=O) groups excluding carboxylic acids is 2. The average molecular weight is 405 g/mol. The van der Waals surface area contributed by atoms with Crippen LogP contribution in [0, 0.1) is 17.8 Å². The largest absolute Gasteiger partial charge is 0.444 e. The van der Waals surface area contributed by atoms with Crippen molar-refractivity contribution in [1.29, 1.82) is 0 Å². The van der Waals surface area contributed by atoms with Gasteiger partial charge in [-0.1, -0.05) is 13.5 Å². The zero-order valence-corrected chi connectivity index (χ0v) is 16.9. The van der Waals surface area contributed by atoms with Gasteiger partial charge in [0.1, 0.15) is 5.60 Å². The van der Waals surface area contributed by atoms with Crippen molar-refractivity contribution in [2.45, 2.75) is 46.1 Å². The highest BCUT2D eigenvalue weighted by Gasteiger charge is 2.56. The minimum Gasteiger partial charge on any atom is -0.444 e. The van der Waals surface area contributed by atoms with Gasteiger partial charge in [-0.3, -0.25) is 4.98 Å². The maximum absolute atomic E-state index is 12.3. The minimum atomic E-state index is -0.444. The number of nitrogens with one attached hydrogen (secondary N) is 1. The molecule has 162 valence electrons. The van der Waals surface area contributed by atoms with Gasteiger partial charge in [-0.15, -0.1) is 0 Å². The quantitative estimate of drug-likeness (QED) is 0.832. The second-order valence-corrected chi connectivity index (χ2v) is 9.29. The molecule has 0 aromatic carbocycles. The first-order chi connectivity index (χ1) is 13.3. The Morgan fingerprint density at radius 1 is 1.21 bits per heavy atom. The van der Waals surface area contributed by atoms with E-state index in [0.717, 1.165) is 32.6 Å². The number of hydrogen-bond donors (Lipinski definition) is 1. The number of nitrogens with zero attached hydrogens (tertiary/aromatic N) is 3. The van der Waals surface area contributed by atoms with E-state index in [1.807, 2.05) is 42.8 Å². The number of pyridine rings is 1. The topological polar surface area (TPSA) is 74.8 Å². The first-order valence-corrected chi connectivity index (χ1v) is 10.2. The Morgan fingerprint density at radius 2 is 1.90 bits per heavy atom. The van der Waals surface area contributed by atoms with Crippen molar-refractivity contribution >= 4 is 12.1 Å². The van der Waals surface area contributed by atoms with E-state index in [1.165, 1.54) is 5.56 Å². The summed E-state index contributed by atoms with van der Waals surface area (Å²) in [5.74, 6) is 2.17. The van der Waals surface area contributed by atoms with Crippen LogP contribution in [0.4, 0.5) is 9.59 Å². The molecule has 3 fully saturated rings. The third kappa shape index (κ3) is 4.82. The number of hydrogen-bond acceptors (Lipinski definition) is 4. The molecule has 3 amide bonds. The van der Waals surface area contributed by atoms with E-state index in [4.69, 9.17) is 4.74 Å². The number of likely N-dealkylation sites (tertiary alicyclic amines) is 2. The molecule has 0 radical (unpaired) electrons. The third-order valence-corrected chi connectivity index (χ3v) is 6.10. The van der Waals surface area contributed by atoms with Gasteiger partial charge in [0, 0.05) is 52.5 Å². The van der Waals surface area contributed by atoms with Crippen LogP contribution in [0.3, 0.4) is 0 Å². The van der Waals surface area contributed by atoms with Crippen LogP contribution in [0.5, 0.6) is 0 Å². The highest BCUT2D eigenvalue weighted by molar-refractivity contribution is 5.75. The lowest BCUT2D eigenvalue weighted by Gasteiger charge is -2.39. The van der Waals surface area contributed by atoms with Crippen LogP contribution in [-0.4, -0.2) is 65.2 Å². The zero-order chi connectivity index (χ0) is 19.9. The molecule has 1 unspecified atom stereocenters. The number of piperidine rings is 1. The zero-order valence-electron chi connectivity index (χ0n) is 16.9. The standard InChI is InChI=1S/C21H30N4O3.CH4.H2/c1-21(2,3)28-20(27)25-12-17-16(18(17)13-25)6-8-23-19(26)24-10-15(11-24)14-5-4-7-22-9-14;;/h4-5,7,9,15-18H,6,8,10-13H2,1-3H3,(H,23,26);1H4;1H/t16?,17-,18+;;. The molecule has 0 bridgehead atoms. The summed E-state index contributed by atoms with van der Waals surface area (Å²) < 4.78 is 5.44. The molecular weight excluding hydrogens is 368 g/mol. The van der Waals surface area contributed by atoms with Crippen LogP contribution in [0.1, 0.15) is 47.5 Å². The van der Waals surface area contributed by atoms with Gasteiger partial charge in [0.2, 0.25) is 0 Å². The van der Waals surface area contributed by atoms with E-state index in [-0.39, 0.29) is 21.0 Å². The summed E-state index contributed by atoms with van der Waals surface area (Å²) in [6, 6.07) is 4.04. The van der Waals surface area contributed by atoms with E-state index in [1.54, 1.807) is 6.20 Å². The van der Waals surface area contributed by atoms with Crippen LogP contribution in [0.25, 0.3) is 0 Å². The normalized spacial score (nSPS) is 25.6. The molecule has 3 atom stereocenters. The molecule has 3 aliphatic rings. The van der Waals surface area contributed by atoms with Crippen molar-refractivity contribution < 1.29 is 15.8 Å². The van der Waals surface area contributed by atoms with Crippen molar-refractivity contribution in [2.75, 3.05) is 32.7 Å². The van der Waals surface area contributed by atoms with E-state index in [0.29, 0.717) is 30.2 Å². The molecule has 1 aromatic heterocycles. The van der Waals surface area contributed by atoms with E-state index in [9.17, 15) is 9.59 Å². The summed E-state index contributed by atoms with van der Waals surface area (Å²) in [5.41, 5.74) is 0.757. The van der Waals surface area contributed by atoms with Crippen molar-refractivity contribution in [2.24, 2.45) is 17.8 Å². The van der Waals surface area contributed by atoms with Crippen molar-refractivity contribution in [3.05, 3.63) is 30.1 Å². The monoisotopic (exact) mass is 404 g/mol. The predicted molar refractivity (Wildman–Crippen MR) is 114 cm³/mol. The molecule has 0 spiro atoms. The van der Waals surface area contributed by atoms with Crippen LogP contribution in [-0.2, 0) is 4.74 Å². The fourth-order valence-corrected chi connectivity index (χ4v) is 4.48. The van der Waals surface area contributed by atoms with Gasteiger partial charge in [-0.05, 0) is 56.6 Å². The maximum Gasteiger partial charge on any atom is 0.410 e. The molecule has 1 aliphatic carbocycles. The first kappa shape index (κ1) is 21.4. The minimum absolute atomic E-state index is 0. The summed E-state index contributed by atoms with van der Waals surface area (Å²) in [4.78, 5) is 32.2. The smallest absolute Gasteiger partial charge is 0.410 e. The van der Waals surface area contributed by atoms with Crippen LogP contribution in [0.15, 0.2) is 24.5 Å². The fourth-order valence-electron chi connectivity index (χ4n) is 4.48. The molecule has 1 saturated carbocycles. The summed E-state index contributed by atoms with van der Waals surface area (Å²) >= 11 is 0. The number of rotatable bonds is 4. The SMILES string of the molecule is C.CC(C)(C)OC(=O)N1C[C@@H]2C(CCNC(=O)N3CC(c4cccnc4)C3)[C@@H]2C1.[HH]. The summed E-state index contributed by atoms with van der Waals surface area (Å²) in [5, 5.41) is 3.05. The van der Waals surface area contributed by atoms with E-state index < -0.39 is 5.60 Å². The second kappa shape index (κ2) is 8.20.